The van der Waals surface area contributed by atoms with E-state index in [2.05, 4.69) is 12.2 Å². The summed E-state index contributed by atoms with van der Waals surface area (Å²) in [5.41, 5.74) is 0. The number of aliphatic hydroxyl groups excluding tert-OH is 3. The molecule has 0 aromatic carbocycles. The van der Waals surface area contributed by atoms with Crippen LogP contribution in [0.5, 0.6) is 0 Å². The van der Waals surface area contributed by atoms with Gasteiger partial charge in [-0.05, 0) is 25.7 Å². The molecule has 2 atom stereocenters. The Morgan fingerprint density at radius 1 is 0.444 bits per heavy atom. The van der Waals surface area contributed by atoms with Crippen molar-refractivity contribution in [2.24, 2.45) is 0 Å². The van der Waals surface area contributed by atoms with Crippen LogP contribution in [0.3, 0.4) is 0 Å². The third kappa shape index (κ3) is 36.0. The lowest BCUT2D eigenvalue weighted by Crippen LogP contribution is -2.26. The van der Waals surface area contributed by atoms with E-state index >= 15 is 0 Å². The number of aliphatic hydroxyl groups is 3. The first-order valence-corrected chi connectivity index (χ1v) is 20.4. The van der Waals surface area contributed by atoms with E-state index in [9.17, 15) is 15.0 Å². The van der Waals surface area contributed by atoms with Crippen LogP contribution in [0.1, 0.15) is 225 Å². The Morgan fingerprint density at radius 2 is 0.756 bits per heavy atom. The van der Waals surface area contributed by atoms with Gasteiger partial charge in [0.25, 0.3) is 0 Å². The fourth-order valence-corrected chi connectivity index (χ4v) is 6.44. The highest BCUT2D eigenvalue weighted by Crippen LogP contribution is 2.16. The molecule has 0 bridgehead atoms. The first kappa shape index (κ1) is 44.4. The van der Waals surface area contributed by atoms with Crippen molar-refractivity contribution in [1.82, 2.24) is 5.32 Å². The van der Waals surface area contributed by atoms with Gasteiger partial charge in [-0.1, -0.05) is 193 Å². The summed E-state index contributed by atoms with van der Waals surface area (Å²) in [4.78, 5) is 12.1. The lowest BCUT2D eigenvalue weighted by molar-refractivity contribution is -0.121. The molecule has 0 aromatic rings. The fraction of sp³-hybridized carbons (Fsp3) is 0.975. The Kier molecular flexibility index (Phi) is 37.3. The highest BCUT2D eigenvalue weighted by Gasteiger charge is 2.14. The molecule has 0 aliphatic heterocycles. The van der Waals surface area contributed by atoms with Gasteiger partial charge in [0.2, 0.25) is 5.91 Å². The molecule has 0 rings (SSSR count). The van der Waals surface area contributed by atoms with Gasteiger partial charge in [-0.15, -0.1) is 0 Å². The topological polar surface area (TPSA) is 89.8 Å². The third-order valence-electron chi connectivity index (χ3n) is 9.63. The van der Waals surface area contributed by atoms with Gasteiger partial charge in [-0.25, -0.2) is 0 Å². The zero-order valence-electron chi connectivity index (χ0n) is 30.4. The van der Waals surface area contributed by atoms with E-state index < -0.39 is 12.2 Å². The molecule has 270 valence electrons. The minimum absolute atomic E-state index is 0.0733. The van der Waals surface area contributed by atoms with Crippen LogP contribution in [0.2, 0.25) is 0 Å². The summed E-state index contributed by atoms with van der Waals surface area (Å²) in [6.07, 6.45) is 41.1. The second-order valence-corrected chi connectivity index (χ2v) is 14.1. The van der Waals surface area contributed by atoms with Gasteiger partial charge in [-0.2, -0.15) is 0 Å². The van der Waals surface area contributed by atoms with Crippen molar-refractivity contribution in [3.05, 3.63) is 0 Å². The minimum Gasteiger partial charge on any atom is -0.396 e. The molecule has 0 heterocycles. The minimum atomic E-state index is -0.785. The summed E-state index contributed by atoms with van der Waals surface area (Å²) in [6.45, 7) is 3.06. The number of unbranched alkanes of at least 4 members (excludes halogenated alkanes) is 29. The van der Waals surface area contributed by atoms with Crippen LogP contribution in [0.4, 0.5) is 0 Å². The Hall–Kier alpha value is -0.650. The zero-order valence-corrected chi connectivity index (χ0v) is 30.4. The average molecular weight is 640 g/mol. The number of hydrogen-bond donors (Lipinski definition) is 4. The first-order chi connectivity index (χ1) is 22.1. The maximum atomic E-state index is 12.1. The van der Waals surface area contributed by atoms with E-state index in [1.54, 1.807) is 0 Å². The van der Waals surface area contributed by atoms with Crippen molar-refractivity contribution in [3.8, 4) is 0 Å². The van der Waals surface area contributed by atoms with E-state index in [1.807, 2.05) is 0 Å². The molecule has 4 N–H and O–H groups in total. The van der Waals surface area contributed by atoms with Crippen molar-refractivity contribution >= 4 is 5.91 Å². The number of carbonyl (C=O) groups is 1. The summed E-state index contributed by atoms with van der Waals surface area (Å²) in [6, 6.07) is 0. The van der Waals surface area contributed by atoms with E-state index in [4.69, 9.17) is 5.11 Å². The maximum Gasteiger partial charge on any atom is 0.219 e. The van der Waals surface area contributed by atoms with Crippen LogP contribution in [-0.4, -0.2) is 46.6 Å². The van der Waals surface area contributed by atoms with Gasteiger partial charge in [0.05, 0.1) is 12.2 Å². The van der Waals surface area contributed by atoms with Crippen molar-refractivity contribution < 1.29 is 20.1 Å². The Bertz CT molecular complexity index is 572. The number of nitrogens with one attached hydrogen (secondary N) is 1. The molecule has 0 spiro atoms. The summed E-state index contributed by atoms with van der Waals surface area (Å²) in [5, 5.41) is 31.4. The van der Waals surface area contributed by atoms with Crippen LogP contribution in [-0.2, 0) is 4.79 Å². The first-order valence-electron chi connectivity index (χ1n) is 20.4. The molecule has 5 nitrogen and oxygen atoms in total. The monoisotopic (exact) mass is 640 g/mol. The van der Waals surface area contributed by atoms with Crippen LogP contribution in [0, 0.1) is 0 Å². The van der Waals surface area contributed by atoms with Crippen molar-refractivity contribution in [2.75, 3.05) is 13.2 Å². The molecular formula is C40H81NO4. The fourth-order valence-electron chi connectivity index (χ4n) is 6.44. The molecule has 45 heavy (non-hydrogen) atoms. The van der Waals surface area contributed by atoms with Gasteiger partial charge < -0.3 is 20.6 Å². The van der Waals surface area contributed by atoms with Gasteiger partial charge >= 0.3 is 0 Å². The van der Waals surface area contributed by atoms with Crippen LogP contribution in [0.25, 0.3) is 0 Å². The van der Waals surface area contributed by atoms with E-state index in [0.29, 0.717) is 12.8 Å². The second-order valence-electron chi connectivity index (χ2n) is 14.1. The average Bonchev–Trinajstić information content (AvgIpc) is 3.03. The molecule has 0 fully saturated rings. The number of amides is 1. The number of rotatable bonds is 38. The molecule has 5 heteroatoms. The standard InChI is InChI=1S/C40H81NO4/c1-2-3-4-5-6-7-8-9-10-11-12-13-14-15-19-22-25-28-31-34-40(45)41-36-32-29-26-23-20-17-16-18-21-24-27-30-33-38(43)39(44)35-37-42/h38-39,42-44H,2-37H2,1H3,(H,41,45). The summed E-state index contributed by atoms with van der Waals surface area (Å²) in [7, 11) is 0. The van der Waals surface area contributed by atoms with Gasteiger partial charge in [0, 0.05) is 19.6 Å². The molecule has 0 saturated carbocycles. The predicted molar refractivity (Wildman–Crippen MR) is 195 cm³/mol. The Labute approximate surface area is 281 Å². The van der Waals surface area contributed by atoms with Crippen molar-refractivity contribution in [2.45, 2.75) is 237 Å². The smallest absolute Gasteiger partial charge is 0.219 e. The molecule has 0 aromatic heterocycles. The molecule has 0 aliphatic rings. The quantitative estimate of drug-likeness (QED) is 0.0506. The molecule has 2 unspecified atom stereocenters. The Balaban J connectivity index is 3.20. The van der Waals surface area contributed by atoms with Crippen LogP contribution < -0.4 is 5.32 Å². The van der Waals surface area contributed by atoms with Crippen molar-refractivity contribution in [1.29, 1.82) is 0 Å². The SMILES string of the molecule is CCCCCCCCCCCCCCCCCCCCCC(=O)NCCCCCCCCCCCCCCC(O)C(O)CCO. The van der Waals surface area contributed by atoms with Gasteiger partial charge in [0.15, 0.2) is 0 Å². The Morgan fingerprint density at radius 3 is 1.13 bits per heavy atom. The van der Waals surface area contributed by atoms with Crippen LogP contribution >= 0.6 is 0 Å². The molecule has 0 saturated heterocycles. The normalized spacial score (nSPS) is 12.9. The van der Waals surface area contributed by atoms with Crippen molar-refractivity contribution in [3.63, 3.8) is 0 Å². The van der Waals surface area contributed by atoms with E-state index in [0.717, 1.165) is 32.2 Å². The molecule has 0 aliphatic carbocycles. The molecule has 0 radical (unpaired) electrons. The predicted octanol–water partition coefficient (Wildman–Crippen LogP) is 11.1. The third-order valence-corrected chi connectivity index (χ3v) is 9.63. The summed E-state index contributed by atoms with van der Waals surface area (Å²) in [5.74, 6) is 0.248. The summed E-state index contributed by atoms with van der Waals surface area (Å²) < 4.78 is 0. The second kappa shape index (κ2) is 37.8. The lowest BCUT2D eigenvalue weighted by Gasteiger charge is -2.16. The lowest BCUT2D eigenvalue weighted by atomic mass is 10.0. The molecular weight excluding hydrogens is 558 g/mol. The van der Waals surface area contributed by atoms with E-state index in [1.165, 1.54) is 173 Å². The largest absolute Gasteiger partial charge is 0.396 e. The van der Waals surface area contributed by atoms with E-state index in [-0.39, 0.29) is 18.9 Å². The van der Waals surface area contributed by atoms with Crippen LogP contribution in [0.15, 0.2) is 0 Å². The van der Waals surface area contributed by atoms with Gasteiger partial charge in [0.1, 0.15) is 0 Å². The van der Waals surface area contributed by atoms with Gasteiger partial charge in [-0.3, -0.25) is 4.79 Å². The highest BCUT2D eigenvalue weighted by molar-refractivity contribution is 5.75. The number of carbonyl (C=O) groups excluding carboxylic acids is 1. The number of hydrogen-bond acceptors (Lipinski definition) is 4. The summed E-state index contributed by atoms with van der Waals surface area (Å²) >= 11 is 0. The zero-order chi connectivity index (χ0) is 32.9. The molecule has 1 amide bonds. The highest BCUT2D eigenvalue weighted by atomic mass is 16.3. The maximum absolute atomic E-state index is 12.1.